The van der Waals surface area contributed by atoms with Gasteiger partial charge in [-0.25, -0.2) is 4.39 Å². The number of hydrogen-bond donors (Lipinski definition) is 2. The molecular weight excluding hydrogens is 315 g/mol. The molecule has 0 saturated heterocycles. The van der Waals surface area contributed by atoms with Crippen LogP contribution in [-0.4, -0.2) is 6.04 Å². The molecule has 1 aromatic carbocycles. The van der Waals surface area contributed by atoms with E-state index in [9.17, 15) is 4.39 Å². The Balaban J connectivity index is 2.04. The lowest BCUT2D eigenvalue weighted by atomic mass is 10.0. The number of halogens is 2. The van der Waals surface area contributed by atoms with E-state index in [0.29, 0.717) is 12.0 Å². The molecule has 3 N–H and O–H groups in total. The largest absolute Gasteiger partial charge is 0.271 e. The van der Waals surface area contributed by atoms with E-state index in [1.807, 2.05) is 11.4 Å². The van der Waals surface area contributed by atoms with Crippen LogP contribution in [0.4, 0.5) is 4.39 Å². The van der Waals surface area contributed by atoms with Crippen LogP contribution < -0.4 is 11.3 Å². The van der Waals surface area contributed by atoms with Gasteiger partial charge < -0.3 is 0 Å². The maximum Gasteiger partial charge on any atom is 0.126 e. The molecule has 1 aromatic heterocycles. The molecule has 0 fully saturated rings. The summed E-state index contributed by atoms with van der Waals surface area (Å²) in [7, 11) is 0. The fourth-order valence-electron chi connectivity index (χ4n) is 1.82. The Morgan fingerprint density at radius 3 is 2.72 bits per heavy atom. The number of benzene rings is 1. The molecular formula is C13H14BrFN2S. The van der Waals surface area contributed by atoms with Crippen LogP contribution in [0.3, 0.4) is 0 Å². The molecule has 1 heterocycles. The van der Waals surface area contributed by atoms with Crippen molar-refractivity contribution in [1.82, 2.24) is 5.43 Å². The minimum Gasteiger partial charge on any atom is -0.271 e. The minimum atomic E-state index is -0.176. The Morgan fingerprint density at radius 2 is 2.11 bits per heavy atom. The maximum atomic E-state index is 13.6. The molecule has 1 atom stereocenters. The van der Waals surface area contributed by atoms with Gasteiger partial charge in [-0.3, -0.25) is 11.3 Å². The average molecular weight is 329 g/mol. The highest BCUT2D eigenvalue weighted by molar-refractivity contribution is 9.10. The third-order valence-corrected chi connectivity index (χ3v) is 4.45. The highest BCUT2D eigenvalue weighted by Crippen LogP contribution is 2.22. The Labute approximate surface area is 118 Å². The monoisotopic (exact) mass is 328 g/mol. The molecule has 18 heavy (non-hydrogen) atoms. The molecule has 5 heteroatoms. The molecule has 0 radical (unpaired) electrons. The van der Waals surface area contributed by atoms with E-state index in [4.69, 9.17) is 5.84 Å². The number of nitrogens with one attached hydrogen (secondary N) is 1. The lowest BCUT2D eigenvalue weighted by molar-refractivity contribution is 0.509. The fraction of sp³-hybridized carbons (Fsp3) is 0.231. The topological polar surface area (TPSA) is 38.0 Å². The number of rotatable bonds is 5. The zero-order valence-electron chi connectivity index (χ0n) is 9.70. The van der Waals surface area contributed by atoms with Crippen LogP contribution in [0, 0.1) is 5.82 Å². The lowest BCUT2D eigenvalue weighted by Gasteiger charge is -2.15. The van der Waals surface area contributed by atoms with Crippen molar-refractivity contribution in [2.24, 2.45) is 5.84 Å². The van der Waals surface area contributed by atoms with Crippen LogP contribution in [0.5, 0.6) is 0 Å². The molecule has 0 aliphatic carbocycles. The SMILES string of the molecule is NNC(Cc1cc(Br)cs1)Cc1ccccc1F. The van der Waals surface area contributed by atoms with E-state index < -0.39 is 0 Å². The summed E-state index contributed by atoms with van der Waals surface area (Å²) in [4.78, 5) is 1.22. The van der Waals surface area contributed by atoms with Gasteiger partial charge >= 0.3 is 0 Å². The average Bonchev–Trinajstić information content (AvgIpc) is 2.76. The van der Waals surface area contributed by atoms with E-state index in [-0.39, 0.29) is 11.9 Å². The Bertz CT molecular complexity index is 515. The predicted octanol–water partition coefficient (Wildman–Crippen LogP) is 3.27. The number of thiophene rings is 1. The van der Waals surface area contributed by atoms with Crippen molar-refractivity contribution < 1.29 is 4.39 Å². The van der Waals surface area contributed by atoms with Gasteiger partial charge in [0.2, 0.25) is 0 Å². The third kappa shape index (κ3) is 3.62. The van der Waals surface area contributed by atoms with Gasteiger partial charge in [-0.1, -0.05) is 18.2 Å². The second kappa shape index (κ2) is 6.43. The predicted molar refractivity (Wildman–Crippen MR) is 76.9 cm³/mol. The molecule has 0 saturated carbocycles. The minimum absolute atomic E-state index is 0.0347. The van der Waals surface area contributed by atoms with Crippen molar-refractivity contribution in [3.63, 3.8) is 0 Å². The molecule has 0 aliphatic heterocycles. The summed E-state index contributed by atoms with van der Waals surface area (Å²) in [6.45, 7) is 0. The van der Waals surface area contributed by atoms with E-state index in [1.54, 1.807) is 23.5 Å². The summed E-state index contributed by atoms with van der Waals surface area (Å²) in [5.41, 5.74) is 3.45. The molecule has 0 amide bonds. The normalized spacial score (nSPS) is 12.6. The van der Waals surface area contributed by atoms with Gasteiger partial charge in [0.25, 0.3) is 0 Å². The van der Waals surface area contributed by atoms with Gasteiger partial charge in [-0.2, -0.15) is 0 Å². The third-order valence-electron chi connectivity index (χ3n) is 2.73. The van der Waals surface area contributed by atoms with E-state index in [0.717, 1.165) is 10.9 Å². The Kier molecular flexibility index (Phi) is 4.88. The van der Waals surface area contributed by atoms with Crippen LogP contribution in [-0.2, 0) is 12.8 Å². The standard InChI is InChI=1S/C13H14BrFN2S/c14-10-6-12(18-8-10)7-11(17-16)5-9-3-1-2-4-13(9)15/h1-4,6,8,11,17H,5,7,16H2. The van der Waals surface area contributed by atoms with Crippen molar-refractivity contribution >= 4 is 27.3 Å². The second-order valence-corrected chi connectivity index (χ2v) is 6.01. The highest BCUT2D eigenvalue weighted by Gasteiger charge is 2.12. The summed E-state index contributed by atoms with van der Waals surface area (Å²) in [5, 5.41) is 2.03. The summed E-state index contributed by atoms with van der Waals surface area (Å²) in [6.07, 6.45) is 1.37. The smallest absolute Gasteiger partial charge is 0.126 e. The van der Waals surface area contributed by atoms with Gasteiger partial charge in [0, 0.05) is 20.8 Å². The Hall–Kier alpha value is -0.750. The van der Waals surface area contributed by atoms with Gasteiger partial charge in [-0.15, -0.1) is 11.3 Å². The molecule has 0 bridgehead atoms. The fourth-order valence-corrected chi connectivity index (χ4v) is 3.36. The van der Waals surface area contributed by atoms with E-state index in [2.05, 4.69) is 27.4 Å². The van der Waals surface area contributed by atoms with Crippen LogP contribution in [0.25, 0.3) is 0 Å². The van der Waals surface area contributed by atoms with Gasteiger partial charge in [-0.05, 0) is 46.5 Å². The molecule has 2 nitrogen and oxygen atoms in total. The Morgan fingerprint density at radius 1 is 1.33 bits per heavy atom. The zero-order chi connectivity index (χ0) is 13.0. The molecule has 96 valence electrons. The van der Waals surface area contributed by atoms with Gasteiger partial charge in [0.05, 0.1) is 0 Å². The number of hydrazine groups is 1. The summed E-state index contributed by atoms with van der Waals surface area (Å²) >= 11 is 5.09. The van der Waals surface area contributed by atoms with Crippen molar-refractivity contribution in [1.29, 1.82) is 0 Å². The van der Waals surface area contributed by atoms with Gasteiger partial charge in [0.1, 0.15) is 5.82 Å². The van der Waals surface area contributed by atoms with E-state index in [1.165, 1.54) is 10.9 Å². The van der Waals surface area contributed by atoms with Crippen LogP contribution in [0.1, 0.15) is 10.4 Å². The first-order chi connectivity index (χ1) is 8.69. The molecule has 2 rings (SSSR count). The maximum absolute atomic E-state index is 13.6. The van der Waals surface area contributed by atoms with Crippen molar-refractivity contribution in [3.05, 3.63) is 56.4 Å². The zero-order valence-corrected chi connectivity index (χ0v) is 12.1. The molecule has 2 aromatic rings. The molecule has 1 unspecified atom stereocenters. The van der Waals surface area contributed by atoms with Crippen molar-refractivity contribution in [3.8, 4) is 0 Å². The second-order valence-electron chi connectivity index (χ2n) is 4.09. The highest BCUT2D eigenvalue weighted by atomic mass is 79.9. The van der Waals surface area contributed by atoms with Crippen LogP contribution in [0.2, 0.25) is 0 Å². The van der Waals surface area contributed by atoms with Crippen LogP contribution in [0.15, 0.2) is 40.2 Å². The van der Waals surface area contributed by atoms with Crippen LogP contribution >= 0.6 is 27.3 Å². The summed E-state index contributed by atoms with van der Waals surface area (Å²) in [5.74, 6) is 5.37. The summed E-state index contributed by atoms with van der Waals surface area (Å²) < 4.78 is 14.6. The van der Waals surface area contributed by atoms with Crippen molar-refractivity contribution in [2.75, 3.05) is 0 Å². The van der Waals surface area contributed by atoms with Crippen molar-refractivity contribution in [2.45, 2.75) is 18.9 Å². The molecule has 0 spiro atoms. The number of nitrogens with two attached hydrogens (primary N) is 1. The quantitative estimate of drug-likeness (QED) is 0.653. The number of hydrogen-bond acceptors (Lipinski definition) is 3. The first kappa shape index (κ1) is 13.7. The molecule has 0 aliphatic rings. The first-order valence-corrected chi connectivity index (χ1v) is 7.28. The van der Waals surface area contributed by atoms with Gasteiger partial charge in [0.15, 0.2) is 0 Å². The first-order valence-electron chi connectivity index (χ1n) is 5.61. The van der Waals surface area contributed by atoms with E-state index >= 15 is 0 Å². The summed E-state index contributed by atoms with van der Waals surface area (Å²) in [6, 6.07) is 8.91. The lowest BCUT2D eigenvalue weighted by Crippen LogP contribution is -2.38.